The molecular weight excluding hydrogens is 200 g/mol. The van der Waals surface area contributed by atoms with Crippen molar-refractivity contribution in [2.75, 3.05) is 7.11 Å². The maximum atomic E-state index is 10.4. The van der Waals surface area contributed by atoms with E-state index in [9.17, 15) is 5.11 Å². The molecular formula is C14H20O2. The molecule has 0 amide bonds. The Hall–Kier alpha value is -1.02. The fourth-order valence-electron chi connectivity index (χ4n) is 2.29. The van der Waals surface area contributed by atoms with Crippen molar-refractivity contribution in [2.24, 2.45) is 0 Å². The Kier molecular flexibility index (Phi) is 2.70. The second kappa shape index (κ2) is 3.77. The Morgan fingerprint density at radius 1 is 1.31 bits per heavy atom. The molecule has 1 aromatic rings. The van der Waals surface area contributed by atoms with Crippen LogP contribution in [0.5, 0.6) is 5.75 Å². The first-order valence-electron chi connectivity index (χ1n) is 5.90. The Bertz CT molecular complexity index is 403. The Morgan fingerprint density at radius 3 is 2.38 bits per heavy atom. The summed E-state index contributed by atoms with van der Waals surface area (Å²) in [6.07, 6.45) is 1.71. The first-order chi connectivity index (χ1) is 7.49. The van der Waals surface area contributed by atoms with Gasteiger partial charge < -0.3 is 9.84 Å². The summed E-state index contributed by atoms with van der Waals surface area (Å²) in [5.74, 6) is 1.28. The third kappa shape index (κ3) is 1.71. The average molecular weight is 220 g/mol. The van der Waals surface area contributed by atoms with E-state index in [4.69, 9.17) is 4.74 Å². The van der Waals surface area contributed by atoms with Crippen LogP contribution < -0.4 is 4.74 Å². The summed E-state index contributed by atoms with van der Waals surface area (Å²) >= 11 is 0. The molecule has 0 atom stereocenters. The predicted molar refractivity (Wildman–Crippen MR) is 65.0 cm³/mol. The Labute approximate surface area is 97.3 Å². The van der Waals surface area contributed by atoms with Gasteiger partial charge in [0.2, 0.25) is 0 Å². The van der Waals surface area contributed by atoms with Gasteiger partial charge in [-0.05, 0) is 36.8 Å². The molecule has 1 aliphatic carbocycles. The molecule has 0 spiro atoms. The lowest BCUT2D eigenvalue weighted by Crippen LogP contribution is -2.12. The number of aliphatic hydroxyl groups is 1. The normalized spacial score (nSPS) is 17.6. The molecule has 2 nitrogen and oxygen atoms in total. The summed E-state index contributed by atoms with van der Waals surface area (Å²) in [6.45, 7) is 6.33. The third-order valence-corrected chi connectivity index (χ3v) is 3.40. The van der Waals surface area contributed by atoms with Crippen LogP contribution in [0.25, 0.3) is 0 Å². The number of rotatable bonds is 3. The van der Waals surface area contributed by atoms with Crippen LogP contribution in [0.1, 0.15) is 49.3 Å². The van der Waals surface area contributed by atoms with Crippen LogP contribution in [0.4, 0.5) is 0 Å². The molecule has 0 aliphatic heterocycles. The van der Waals surface area contributed by atoms with Crippen LogP contribution >= 0.6 is 0 Å². The zero-order chi connectivity index (χ0) is 11.9. The highest BCUT2D eigenvalue weighted by Crippen LogP contribution is 2.52. The molecule has 0 saturated heterocycles. The summed E-state index contributed by atoms with van der Waals surface area (Å²) < 4.78 is 5.47. The van der Waals surface area contributed by atoms with Gasteiger partial charge in [0.1, 0.15) is 5.75 Å². The van der Waals surface area contributed by atoms with Gasteiger partial charge in [-0.1, -0.05) is 26.0 Å². The molecule has 0 unspecified atom stereocenters. The van der Waals surface area contributed by atoms with Gasteiger partial charge in [-0.15, -0.1) is 0 Å². The number of ether oxygens (including phenoxy) is 1. The molecule has 2 heteroatoms. The van der Waals surface area contributed by atoms with Crippen molar-refractivity contribution in [1.82, 2.24) is 0 Å². The molecule has 0 bridgehead atoms. The minimum absolute atomic E-state index is 0.411. The molecule has 0 aromatic heterocycles. The first kappa shape index (κ1) is 11.5. The van der Waals surface area contributed by atoms with Gasteiger partial charge in [0.05, 0.1) is 12.7 Å². The van der Waals surface area contributed by atoms with E-state index in [2.05, 4.69) is 26.0 Å². The lowest BCUT2D eigenvalue weighted by Gasteiger charge is -2.22. The van der Waals surface area contributed by atoms with E-state index in [0.29, 0.717) is 5.92 Å². The van der Waals surface area contributed by atoms with E-state index in [0.717, 1.165) is 29.7 Å². The van der Waals surface area contributed by atoms with Crippen molar-refractivity contribution in [2.45, 2.75) is 45.1 Å². The van der Waals surface area contributed by atoms with E-state index < -0.39 is 5.60 Å². The molecule has 1 fully saturated rings. The van der Waals surface area contributed by atoms with E-state index in [1.165, 1.54) is 5.56 Å². The lowest BCUT2D eigenvalue weighted by atomic mass is 9.90. The molecule has 88 valence electrons. The molecule has 1 N–H and O–H groups in total. The van der Waals surface area contributed by atoms with Crippen LogP contribution in [0.2, 0.25) is 0 Å². The largest absolute Gasteiger partial charge is 0.496 e. The van der Waals surface area contributed by atoms with Gasteiger partial charge >= 0.3 is 0 Å². The quantitative estimate of drug-likeness (QED) is 0.848. The molecule has 16 heavy (non-hydrogen) atoms. The zero-order valence-corrected chi connectivity index (χ0v) is 10.5. The summed E-state index contributed by atoms with van der Waals surface area (Å²) in [7, 11) is 1.68. The summed E-state index contributed by atoms with van der Waals surface area (Å²) in [5.41, 5.74) is 2.70. The first-order valence-corrected chi connectivity index (χ1v) is 5.90. The number of aryl methyl sites for hydroxylation is 1. The van der Waals surface area contributed by atoms with Crippen molar-refractivity contribution in [3.8, 4) is 5.75 Å². The van der Waals surface area contributed by atoms with E-state index in [-0.39, 0.29) is 0 Å². The van der Waals surface area contributed by atoms with Crippen LogP contribution in [0.15, 0.2) is 12.1 Å². The highest BCUT2D eigenvalue weighted by atomic mass is 16.5. The number of hydrogen-bond donors (Lipinski definition) is 1. The smallest absolute Gasteiger partial charge is 0.128 e. The van der Waals surface area contributed by atoms with Crippen LogP contribution in [-0.2, 0) is 5.60 Å². The van der Waals surface area contributed by atoms with Gasteiger partial charge in [-0.2, -0.15) is 0 Å². The zero-order valence-electron chi connectivity index (χ0n) is 10.5. The van der Waals surface area contributed by atoms with Crippen molar-refractivity contribution < 1.29 is 9.84 Å². The van der Waals surface area contributed by atoms with Crippen molar-refractivity contribution in [3.63, 3.8) is 0 Å². The molecule has 0 radical (unpaired) electrons. The highest BCUT2D eigenvalue weighted by molar-refractivity contribution is 5.52. The summed E-state index contributed by atoms with van der Waals surface area (Å²) in [6, 6.07) is 4.19. The standard InChI is InChI=1S/C14H20O2/c1-9(2)11-6-5-10(3)13(16-4)12(11)14(15)7-8-14/h5-6,9,15H,7-8H2,1-4H3. The minimum Gasteiger partial charge on any atom is -0.496 e. The van der Waals surface area contributed by atoms with Crippen molar-refractivity contribution in [1.29, 1.82) is 0 Å². The SMILES string of the molecule is COc1c(C)ccc(C(C)C)c1C1(O)CC1. The topological polar surface area (TPSA) is 29.5 Å². The van der Waals surface area contributed by atoms with Crippen molar-refractivity contribution in [3.05, 3.63) is 28.8 Å². The Balaban J connectivity index is 2.63. The van der Waals surface area contributed by atoms with Crippen LogP contribution in [0.3, 0.4) is 0 Å². The van der Waals surface area contributed by atoms with Gasteiger partial charge in [0, 0.05) is 5.56 Å². The fourth-order valence-corrected chi connectivity index (χ4v) is 2.29. The highest BCUT2D eigenvalue weighted by Gasteiger charge is 2.46. The lowest BCUT2D eigenvalue weighted by molar-refractivity contribution is 0.145. The van der Waals surface area contributed by atoms with Crippen LogP contribution in [-0.4, -0.2) is 12.2 Å². The van der Waals surface area contributed by atoms with E-state index in [1.807, 2.05) is 6.92 Å². The Morgan fingerprint density at radius 2 is 1.94 bits per heavy atom. The maximum absolute atomic E-state index is 10.4. The third-order valence-electron chi connectivity index (χ3n) is 3.40. The summed E-state index contributed by atoms with van der Waals surface area (Å²) in [4.78, 5) is 0. The molecule has 1 saturated carbocycles. The van der Waals surface area contributed by atoms with Gasteiger partial charge in [0.15, 0.2) is 0 Å². The second-order valence-electron chi connectivity index (χ2n) is 5.07. The maximum Gasteiger partial charge on any atom is 0.128 e. The molecule has 1 aliphatic rings. The van der Waals surface area contributed by atoms with Crippen molar-refractivity contribution >= 4 is 0 Å². The number of hydrogen-bond acceptors (Lipinski definition) is 2. The minimum atomic E-state index is -0.628. The van der Waals surface area contributed by atoms with Gasteiger partial charge in [-0.3, -0.25) is 0 Å². The van der Waals surface area contributed by atoms with Gasteiger partial charge in [0.25, 0.3) is 0 Å². The average Bonchev–Trinajstić information content (AvgIpc) is 2.96. The van der Waals surface area contributed by atoms with E-state index >= 15 is 0 Å². The fraction of sp³-hybridized carbons (Fsp3) is 0.571. The number of benzene rings is 1. The number of methoxy groups -OCH3 is 1. The predicted octanol–water partition coefficient (Wildman–Crippen LogP) is 3.11. The molecule has 2 rings (SSSR count). The molecule has 0 heterocycles. The monoisotopic (exact) mass is 220 g/mol. The van der Waals surface area contributed by atoms with Crippen LogP contribution in [0, 0.1) is 6.92 Å². The van der Waals surface area contributed by atoms with Gasteiger partial charge in [-0.25, -0.2) is 0 Å². The van der Waals surface area contributed by atoms with E-state index in [1.54, 1.807) is 7.11 Å². The second-order valence-corrected chi connectivity index (χ2v) is 5.07. The molecule has 1 aromatic carbocycles. The summed E-state index contributed by atoms with van der Waals surface area (Å²) in [5, 5.41) is 10.4.